The highest BCUT2D eigenvalue weighted by atomic mass is 16.5. The normalized spacial score (nSPS) is 19.2. The summed E-state index contributed by atoms with van der Waals surface area (Å²) in [6.07, 6.45) is 1.30. The van der Waals surface area contributed by atoms with E-state index in [1.807, 2.05) is 58.3 Å². The number of rotatable bonds is 5. The zero-order valence-electron chi connectivity index (χ0n) is 21.0. The molecule has 0 spiro atoms. The summed E-state index contributed by atoms with van der Waals surface area (Å²) in [7, 11) is 0. The maximum absolute atomic E-state index is 14.0. The van der Waals surface area contributed by atoms with Gasteiger partial charge in [-0.05, 0) is 25.3 Å². The number of nitrogens with zero attached hydrogens (tertiary/aromatic N) is 5. The summed E-state index contributed by atoms with van der Waals surface area (Å²) in [5, 5.41) is 4.16. The molecule has 5 rings (SSSR count). The molecule has 1 atom stereocenters. The van der Waals surface area contributed by atoms with E-state index in [1.54, 1.807) is 6.92 Å². The number of hydrogen-bond donors (Lipinski definition) is 0. The van der Waals surface area contributed by atoms with Crippen LogP contribution in [0.25, 0.3) is 11.4 Å². The molecule has 2 fully saturated rings. The van der Waals surface area contributed by atoms with Gasteiger partial charge in [-0.25, -0.2) is 0 Å². The fraction of sp³-hybridized carbons (Fsp3) is 0.429. The van der Waals surface area contributed by atoms with E-state index in [1.165, 1.54) is 0 Å². The van der Waals surface area contributed by atoms with E-state index < -0.39 is 5.41 Å². The van der Waals surface area contributed by atoms with Crippen molar-refractivity contribution >= 4 is 11.8 Å². The molecule has 3 aromatic rings. The minimum absolute atomic E-state index is 0.0332. The molecule has 2 aliphatic rings. The summed E-state index contributed by atoms with van der Waals surface area (Å²) in [5.41, 5.74) is 1.39. The minimum Gasteiger partial charge on any atom is -0.343 e. The van der Waals surface area contributed by atoms with E-state index in [2.05, 4.69) is 34.1 Å². The SMILES string of the molecule is CC(=O)N1CCC(C(=O)N2CCN(C(C)c3nc(-c4ccccc4)no3)CC2)(c2ccccc2)CC1. The van der Waals surface area contributed by atoms with Gasteiger partial charge in [-0.3, -0.25) is 14.5 Å². The fourth-order valence-corrected chi connectivity index (χ4v) is 5.47. The average Bonchev–Trinajstić information content (AvgIpc) is 3.44. The largest absolute Gasteiger partial charge is 0.343 e. The second-order valence-electron chi connectivity index (χ2n) is 9.78. The van der Waals surface area contributed by atoms with Crippen LogP contribution in [0, 0.1) is 0 Å². The lowest BCUT2D eigenvalue weighted by Crippen LogP contribution is -2.57. The van der Waals surface area contributed by atoms with Crippen LogP contribution in [0.15, 0.2) is 65.2 Å². The Morgan fingerprint density at radius 3 is 2.08 bits per heavy atom. The van der Waals surface area contributed by atoms with Gasteiger partial charge >= 0.3 is 0 Å². The zero-order chi connectivity index (χ0) is 25.1. The van der Waals surface area contributed by atoms with Crippen molar-refractivity contribution in [2.24, 2.45) is 0 Å². The highest BCUT2D eigenvalue weighted by Gasteiger charge is 2.46. The number of piperazine rings is 1. The monoisotopic (exact) mass is 487 g/mol. The lowest BCUT2D eigenvalue weighted by molar-refractivity contribution is -0.144. The first-order valence-electron chi connectivity index (χ1n) is 12.7. The Balaban J connectivity index is 1.26. The van der Waals surface area contributed by atoms with Gasteiger partial charge in [0.15, 0.2) is 0 Å². The van der Waals surface area contributed by atoms with Crippen LogP contribution in [0.3, 0.4) is 0 Å². The number of carbonyl (C=O) groups is 2. The summed E-state index contributed by atoms with van der Waals surface area (Å²) in [5.74, 6) is 1.43. The predicted molar refractivity (Wildman–Crippen MR) is 136 cm³/mol. The van der Waals surface area contributed by atoms with Gasteiger partial charge in [-0.1, -0.05) is 65.8 Å². The van der Waals surface area contributed by atoms with Crippen molar-refractivity contribution in [1.29, 1.82) is 0 Å². The Morgan fingerprint density at radius 1 is 0.861 bits per heavy atom. The van der Waals surface area contributed by atoms with Crippen molar-refractivity contribution in [3.8, 4) is 11.4 Å². The number of hydrogen-bond acceptors (Lipinski definition) is 6. The third-order valence-corrected chi connectivity index (χ3v) is 7.78. The second kappa shape index (κ2) is 10.2. The topological polar surface area (TPSA) is 82.8 Å². The van der Waals surface area contributed by atoms with Gasteiger partial charge in [0, 0.05) is 51.8 Å². The molecule has 1 unspecified atom stereocenters. The van der Waals surface area contributed by atoms with Crippen LogP contribution in [0.1, 0.15) is 44.2 Å². The van der Waals surface area contributed by atoms with Crippen LogP contribution in [0.4, 0.5) is 0 Å². The number of aromatic nitrogens is 2. The Labute approximate surface area is 211 Å². The van der Waals surface area contributed by atoms with Crippen LogP contribution in [0.2, 0.25) is 0 Å². The molecule has 0 saturated carbocycles. The molecule has 3 heterocycles. The molecule has 2 aliphatic heterocycles. The van der Waals surface area contributed by atoms with Crippen molar-refractivity contribution in [3.05, 3.63) is 72.1 Å². The van der Waals surface area contributed by atoms with E-state index >= 15 is 0 Å². The molecule has 8 nitrogen and oxygen atoms in total. The first-order valence-corrected chi connectivity index (χ1v) is 12.7. The van der Waals surface area contributed by atoms with E-state index in [0.717, 1.165) is 24.2 Å². The Kier molecular flexibility index (Phi) is 6.87. The van der Waals surface area contributed by atoms with Crippen molar-refractivity contribution in [2.45, 2.75) is 38.1 Å². The van der Waals surface area contributed by atoms with Crippen molar-refractivity contribution < 1.29 is 14.1 Å². The Hall–Kier alpha value is -3.52. The summed E-state index contributed by atoms with van der Waals surface area (Å²) in [6.45, 7) is 7.65. The van der Waals surface area contributed by atoms with Crippen LogP contribution < -0.4 is 0 Å². The van der Waals surface area contributed by atoms with E-state index in [4.69, 9.17) is 4.52 Å². The summed E-state index contributed by atoms with van der Waals surface area (Å²) >= 11 is 0. The predicted octanol–water partition coefficient (Wildman–Crippen LogP) is 3.52. The molecule has 188 valence electrons. The van der Waals surface area contributed by atoms with Gasteiger partial charge in [0.1, 0.15) is 0 Å². The van der Waals surface area contributed by atoms with Crippen molar-refractivity contribution in [3.63, 3.8) is 0 Å². The number of piperidine rings is 1. The molecule has 0 radical (unpaired) electrons. The molecule has 1 aromatic heterocycles. The van der Waals surface area contributed by atoms with Gasteiger partial charge in [0.2, 0.25) is 23.5 Å². The average molecular weight is 488 g/mol. The number of amides is 2. The number of benzene rings is 2. The number of carbonyl (C=O) groups excluding carboxylic acids is 2. The second-order valence-corrected chi connectivity index (χ2v) is 9.78. The number of likely N-dealkylation sites (tertiary alicyclic amines) is 1. The van der Waals surface area contributed by atoms with E-state index in [-0.39, 0.29) is 17.9 Å². The van der Waals surface area contributed by atoms with Gasteiger partial charge in [-0.2, -0.15) is 4.98 Å². The molecular formula is C28H33N5O3. The summed E-state index contributed by atoms with van der Waals surface area (Å²) < 4.78 is 5.59. The lowest BCUT2D eigenvalue weighted by atomic mass is 9.71. The Morgan fingerprint density at radius 2 is 1.47 bits per heavy atom. The quantitative estimate of drug-likeness (QED) is 0.548. The zero-order valence-corrected chi connectivity index (χ0v) is 21.0. The maximum atomic E-state index is 14.0. The molecule has 2 aromatic carbocycles. The molecule has 2 amide bonds. The summed E-state index contributed by atoms with van der Waals surface area (Å²) in [6, 6.07) is 19.9. The van der Waals surface area contributed by atoms with Crippen molar-refractivity contribution in [2.75, 3.05) is 39.3 Å². The molecule has 0 N–H and O–H groups in total. The standard InChI is InChI=1S/C28H33N5O3/c1-21(26-29-25(30-36-26)23-9-5-3-6-10-23)31-17-19-33(20-18-31)27(35)28(24-11-7-4-8-12-24)13-15-32(16-14-28)22(2)34/h3-12,21H,13-20H2,1-2H3. The highest BCUT2D eigenvalue weighted by molar-refractivity contribution is 5.89. The van der Waals surface area contributed by atoms with Crippen LogP contribution in [-0.4, -0.2) is 75.9 Å². The molecule has 8 heteroatoms. The fourth-order valence-electron chi connectivity index (χ4n) is 5.47. The molecule has 0 aliphatic carbocycles. The molecule has 2 saturated heterocycles. The van der Waals surface area contributed by atoms with Crippen LogP contribution in [0.5, 0.6) is 0 Å². The molecular weight excluding hydrogens is 454 g/mol. The highest BCUT2D eigenvalue weighted by Crippen LogP contribution is 2.38. The van der Waals surface area contributed by atoms with Gasteiger partial charge < -0.3 is 14.3 Å². The maximum Gasteiger partial charge on any atom is 0.244 e. The third-order valence-electron chi connectivity index (χ3n) is 7.78. The Bertz CT molecular complexity index is 1180. The minimum atomic E-state index is -0.585. The first kappa shape index (κ1) is 24.2. The first-order chi connectivity index (χ1) is 17.5. The third kappa shape index (κ3) is 4.65. The molecule has 0 bridgehead atoms. The lowest BCUT2D eigenvalue weighted by Gasteiger charge is -2.45. The molecule has 36 heavy (non-hydrogen) atoms. The van der Waals surface area contributed by atoms with E-state index in [9.17, 15) is 9.59 Å². The van der Waals surface area contributed by atoms with E-state index in [0.29, 0.717) is 50.7 Å². The van der Waals surface area contributed by atoms with Crippen LogP contribution >= 0.6 is 0 Å². The van der Waals surface area contributed by atoms with Gasteiger partial charge in [-0.15, -0.1) is 0 Å². The van der Waals surface area contributed by atoms with Gasteiger partial charge in [0.05, 0.1) is 11.5 Å². The van der Waals surface area contributed by atoms with Crippen LogP contribution in [-0.2, 0) is 15.0 Å². The van der Waals surface area contributed by atoms with Gasteiger partial charge in [0.25, 0.3) is 0 Å². The summed E-state index contributed by atoms with van der Waals surface area (Å²) in [4.78, 5) is 36.7. The van der Waals surface area contributed by atoms with Crippen molar-refractivity contribution in [1.82, 2.24) is 24.8 Å². The smallest absolute Gasteiger partial charge is 0.244 e.